The first kappa shape index (κ1) is 21.2. The van der Waals surface area contributed by atoms with Crippen LogP contribution in [0.3, 0.4) is 0 Å². The average molecular weight is 454 g/mol. The number of nitrogens with zero attached hydrogens (tertiary/aromatic N) is 2. The zero-order chi connectivity index (χ0) is 17.2. The molecular weight excluding hydrogens is 427 g/mol. The van der Waals surface area contributed by atoms with Gasteiger partial charge in [-0.25, -0.2) is 0 Å². The van der Waals surface area contributed by atoms with Crippen molar-refractivity contribution >= 4 is 29.9 Å². The maximum Gasteiger partial charge on any atom is 0.191 e. The summed E-state index contributed by atoms with van der Waals surface area (Å²) in [6.07, 6.45) is 2.68. The first-order valence-corrected chi connectivity index (χ1v) is 8.29. The van der Waals surface area contributed by atoms with Gasteiger partial charge in [0.05, 0.1) is 6.61 Å². The first-order valence-electron chi connectivity index (χ1n) is 8.29. The quantitative estimate of drug-likeness (QED) is 0.383. The van der Waals surface area contributed by atoms with Gasteiger partial charge < -0.3 is 15.4 Å². The lowest BCUT2D eigenvalue weighted by Crippen LogP contribution is -2.37. The van der Waals surface area contributed by atoms with Crippen LogP contribution in [-0.2, 0) is 13.0 Å². The minimum atomic E-state index is 0. The van der Waals surface area contributed by atoms with Crippen LogP contribution >= 0.6 is 24.0 Å². The van der Waals surface area contributed by atoms with Gasteiger partial charge in [0.15, 0.2) is 5.96 Å². The molecule has 0 aliphatic carbocycles. The molecule has 0 saturated heterocycles. The van der Waals surface area contributed by atoms with Crippen LogP contribution in [0.1, 0.15) is 23.7 Å². The van der Waals surface area contributed by atoms with Crippen LogP contribution in [0.15, 0.2) is 47.6 Å². The van der Waals surface area contributed by atoms with Gasteiger partial charge in [-0.1, -0.05) is 18.2 Å². The lowest BCUT2D eigenvalue weighted by molar-refractivity contribution is 0.338. The Labute approximate surface area is 167 Å². The van der Waals surface area contributed by atoms with Gasteiger partial charge in [-0.15, -0.1) is 24.0 Å². The number of ether oxygens (including phenoxy) is 1. The fraction of sp³-hybridized carbons (Fsp3) is 0.368. The number of benzene rings is 1. The third-order valence-electron chi connectivity index (χ3n) is 3.62. The largest absolute Gasteiger partial charge is 0.494 e. The molecule has 6 heteroatoms. The van der Waals surface area contributed by atoms with Crippen LogP contribution in [0.5, 0.6) is 5.75 Å². The van der Waals surface area contributed by atoms with Crippen LogP contribution in [0.4, 0.5) is 0 Å². The summed E-state index contributed by atoms with van der Waals surface area (Å²) in [6.45, 7) is 6.25. The summed E-state index contributed by atoms with van der Waals surface area (Å²) in [5.41, 5.74) is 3.42. The van der Waals surface area contributed by atoms with E-state index in [0.29, 0.717) is 6.61 Å². The van der Waals surface area contributed by atoms with Gasteiger partial charge in [-0.2, -0.15) is 0 Å². The van der Waals surface area contributed by atoms with Crippen molar-refractivity contribution in [2.75, 3.05) is 20.2 Å². The molecule has 0 fully saturated rings. The highest BCUT2D eigenvalue weighted by Gasteiger charge is 2.03. The molecule has 136 valence electrons. The van der Waals surface area contributed by atoms with Crippen molar-refractivity contribution in [1.82, 2.24) is 15.6 Å². The second kappa shape index (κ2) is 11.7. The normalized spacial score (nSPS) is 10.8. The van der Waals surface area contributed by atoms with E-state index in [1.54, 1.807) is 7.05 Å². The van der Waals surface area contributed by atoms with Crippen molar-refractivity contribution in [3.8, 4) is 5.75 Å². The molecule has 2 rings (SSSR count). The predicted molar refractivity (Wildman–Crippen MR) is 114 cm³/mol. The Morgan fingerprint density at radius 1 is 1.20 bits per heavy atom. The molecule has 0 spiro atoms. The van der Waals surface area contributed by atoms with Gasteiger partial charge in [0.1, 0.15) is 5.75 Å². The maximum absolute atomic E-state index is 5.57. The van der Waals surface area contributed by atoms with Crippen molar-refractivity contribution in [1.29, 1.82) is 0 Å². The number of rotatable bonds is 7. The Kier molecular flexibility index (Phi) is 9.91. The Morgan fingerprint density at radius 2 is 2.04 bits per heavy atom. The monoisotopic (exact) mass is 454 g/mol. The summed E-state index contributed by atoms with van der Waals surface area (Å²) in [5.74, 6) is 1.73. The van der Waals surface area contributed by atoms with E-state index in [1.165, 1.54) is 5.56 Å². The lowest BCUT2D eigenvalue weighted by atomic mass is 10.1. The van der Waals surface area contributed by atoms with Crippen molar-refractivity contribution in [2.24, 2.45) is 4.99 Å². The number of guanidine groups is 1. The zero-order valence-electron chi connectivity index (χ0n) is 15.1. The molecule has 25 heavy (non-hydrogen) atoms. The molecule has 0 unspecified atom stereocenters. The molecule has 0 bridgehead atoms. The second-order valence-electron chi connectivity index (χ2n) is 5.46. The minimum absolute atomic E-state index is 0. The molecule has 0 amide bonds. The number of nitrogens with one attached hydrogen (secondary N) is 2. The van der Waals surface area contributed by atoms with Crippen LogP contribution in [0.25, 0.3) is 0 Å². The Balaban J connectivity index is 0.00000312. The van der Waals surface area contributed by atoms with E-state index in [1.807, 2.05) is 37.4 Å². The highest BCUT2D eigenvalue weighted by atomic mass is 127. The smallest absolute Gasteiger partial charge is 0.191 e. The standard InChI is InChI=1S/C19H26N4O.HI/c1-4-24-18-9-8-16(13-15(18)2)14-23-19(20-3)22-12-10-17-7-5-6-11-21-17;/h5-9,11,13H,4,10,12,14H2,1-3H3,(H2,20,22,23);1H. The third-order valence-corrected chi connectivity index (χ3v) is 3.62. The maximum atomic E-state index is 5.57. The van der Waals surface area contributed by atoms with Crippen molar-refractivity contribution < 1.29 is 4.74 Å². The summed E-state index contributed by atoms with van der Waals surface area (Å²) in [4.78, 5) is 8.57. The Hall–Kier alpha value is -1.83. The van der Waals surface area contributed by atoms with Crippen LogP contribution in [0, 0.1) is 6.92 Å². The Morgan fingerprint density at radius 3 is 2.68 bits per heavy atom. The van der Waals surface area contributed by atoms with Gasteiger partial charge in [0.2, 0.25) is 0 Å². The number of aromatic nitrogens is 1. The number of aliphatic imine (C=N–C) groups is 1. The van der Waals surface area contributed by atoms with Gasteiger partial charge in [0, 0.05) is 38.4 Å². The summed E-state index contributed by atoms with van der Waals surface area (Å²) in [6, 6.07) is 12.2. The van der Waals surface area contributed by atoms with Crippen LogP contribution in [-0.4, -0.2) is 31.1 Å². The van der Waals surface area contributed by atoms with Crippen molar-refractivity contribution in [3.05, 3.63) is 59.4 Å². The topological polar surface area (TPSA) is 58.5 Å². The number of aryl methyl sites for hydroxylation is 1. The summed E-state index contributed by atoms with van der Waals surface area (Å²) in [5, 5.41) is 6.64. The zero-order valence-corrected chi connectivity index (χ0v) is 17.4. The van der Waals surface area contributed by atoms with E-state index in [2.05, 4.69) is 39.7 Å². The summed E-state index contributed by atoms with van der Waals surface area (Å²) < 4.78 is 5.57. The number of hydrogen-bond acceptors (Lipinski definition) is 3. The molecule has 0 aliphatic rings. The van der Waals surface area contributed by atoms with Crippen molar-refractivity contribution in [2.45, 2.75) is 26.8 Å². The summed E-state index contributed by atoms with van der Waals surface area (Å²) in [7, 11) is 1.78. The summed E-state index contributed by atoms with van der Waals surface area (Å²) >= 11 is 0. The molecule has 0 saturated carbocycles. The molecular formula is C19H27IN4O. The minimum Gasteiger partial charge on any atom is -0.494 e. The highest BCUT2D eigenvalue weighted by molar-refractivity contribution is 14.0. The third kappa shape index (κ3) is 7.29. The highest BCUT2D eigenvalue weighted by Crippen LogP contribution is 2.18. The van der Waals surface area contributed by atoms with E-state index in [9.17, 15) is 0 Å². The van der Waals surface area contributed by atoms with Crippen molar-refractivity contribution in [3.63, 3.8) is 0 Å². The van der Waals surface area contributed by atoms with Crippen LogP contribution in [0.2, 0.25) is 0 Å². The van der Waals surface area contributed by atoms with Gasteiger partial charge >= 0.3 is 0 Å². The van der Waals surface area contributed by atoms with Crippen LogP contribution < -0.4 is 15.4 Å². The predicted octanol–water partition coefficient (Wildman–Crippen LogP) is 3.31. The van der Waals surface area contributed by atoms with E-state index in [4.69, 9.17) is 4.74 Å². The molecule has 1 aromatic heterocycles. The molecule has 0 radical (unpaired) electrons. The van der Waals surface area contributed by atoms with Gasteiger partial charge in [0.25, 0.3) is 0 Å². The first-order chi connectivity index (χ1) is 11.7. The van der Waals surface area contributed by atoms with E-state index in [-0.39, 0.29) is 24.0 Å². The number of halogens is 1. The van der Waals surface area contributed by atoms with Gasteiger partial charge in [-0.05, 0) is 43.2 Å². The number of pyridine rings is 1. The molecule has 0 atom stereocenters. The second-order valence-corrected chi connectivity index (χ2v) is 5.46. The molecule has 5 nitrogen and oxygen atoms in total. The van der Waals surface area contributed by atoms with E-state index >= 15 is 0 Å². The fourth-order valence-electron chi connectivity index (χ4n) is 2.40. The average Bonchev–Trinajstić information content (AvgIpc) is 2.61. The molecule has 2 N–H and O–H groups in total. The lowest BCUT2D eigenvalue weighted by Gasteiger charge is -2.13. The molecule has 1 heterocycles. The molecule has 0 aliphatic heterocycles. The van der Waals surface area contributed by atoms with E-state index in [0.717, 1.165) is 42.5 Å². The van der Waals surface area contributed by atoms with Gasteiger partial charge in [-0.3, -0.25) is 9.98 Å². The fourth-order valence-corrected chi connectivity index (χ4v) is 2.40. The molecule has 2 aromatic rings. The number of hydrogen-bond donors (Lipinski definition) is 2. The SMILES string of the molecule is CCOc1ccc(CNC(=NC)NCCc2ccccn2)cc1C.I. The molecule has 1 aromatic carbocycles. The van der Waals surface area contributed by atoms with E-state index < -0.39 is 0 Å². The Bertz CT molecular complexity index is 662.